The lowest BCUT2D eigenvalue weighted by molar-refractivity contribution is -0.134. The number of aliphatic carboxylic acids is 2. The Morgan fingerprint density at radius 1 is 1.20 bits per heavy atom. The van der Waals surface area contributed by atoms with Crippen LogP contribution in [0.4, 0.5) is 0 Å². The fourth-order valence-corrected chi connectivity index (χ4v) is 1.55. The normalized spacial score (nSPS) is 9.80. The number of carboxylic acid groups (broad SMARTS) is 2. The van der Waals surface area contributed by atoms with Crippen LogP contribution in [0.25, 0.3) is 0 Å². The zero-order valence-electron chi connectivity index (χ0n) is 5.57. The average Bonchev–Trinajstić information content (AvgIpc) is 1.58. The second-order valence-electron chi connectivity index (χ2n) is 1.96. The molecule has 0 fully saturated rings. The summed E-state index contributed by atoms with van der Waals surface area (Å²) in [6.45, 7) is 1.66. The summed E-state index contributed by atoms with van der Waals surface area (Å²) in [4.78, 5) is 20.0. The minimum Gasteiger partial charge on any atom is -0.481 e. The summed E-state index contributed by atoms with van der Waals surface area (Å²) in [7, 11) is -0.859. The van der Waals surface area contributed by atoms with Crippen molar-refractivity contribution in [3.63, 3.8) is 0 Å². The lowest BCUT2D eigenvalue weighted by Gasteiger charge is -2.03. The molecule has 10 heavy (non-hydrogen) atoms. The Labute approximate surface area is 59.6 Å². The quantitative estimate of drug-likeness (QED) is 0.584. The molecule has 0 radical (unpaired) electrons. The second-order valence-corrected chi connectivity index (χ2v) is 4.30. The molecule has 0 aromatic heterocycles. The van der Waals surface area contributed by atoms with Crippen LogP contribution in [0.3, 0.4) is 0 Å². The highest BCUT2D eigenvalue weighted by atomic mass is 31.1. The first-order valence-corrected chi connectivity index (χ1v) is 4.80. The van der Waals surface area contributed by atoms with E-state index in [1.807, 2.05) is 0 Å². The third-order valence-corrected chi connectivity index (χ3v) is 2.43. The SMILES string of the molecule is CP(CC(=O)O)CC(=O)O. The number of carboxylic acids is 2. The van der Waals surface area contributed by atoms with Gasteiger partial charge in [-0.1, -0.05) is 7.92 Å². The summed E-state index contributed by atoms with van der Waals surface area (Å²) < 4.78 is 0. The summed E-state index contributed by atoms with van der Waals surface area (Å²) >= 11 is 0. The molecule has 0 aliphatic rings. The Morgan fingerprint density at radius 3 is 1.70 bits per heavy atom. The molecule has 2 N–H and O–H groups in total. The van der Waals surface area contributed by atoms with Crippen LogP contribution in [0.5, 0.6) is 0 Å². The summed E-state index contributed by atoms with van der Waals surface area (Å²) in [5, 5.41) is 16.4. The highest BCUT2D eigenvalue weighted by Crippen LogP contribution is 2.28. The van der Waals surface area contributed by atoms with Crippen molar-refractivity contribution in [1.82, 2.24) is 0 Å². The Bertz CT molecular complexity index is 129. The van der Waals surface area contributed by atoms with Crippen LogP contribution in [-0.2, 0) is 9.59 Å². The highest BCUT2D eigenvalue weighted by Gasteiger charge is 2.09. The maximum atomic E-state index is 10.0. The maximum absolute atomic E-state index is 10.0. The van der Waals surface area contributed by atoms with Crippen molar-refractivity contribution in [2.75, 3.05) is 19.0 Å². The molecular weight excluding hydrogens is 155 g/mol. The van der Waals surface area contributed by atoms with Crippen molar-refractivity contribution in [2.45, 2.75) is 0 Å². The van der Waals surface area contributed by atoms with Gasteiger partial charge in [0.05, 0.1) is 12.3 Å². The molecule has 0 aromatic carbocycles. The summed E-state index contributed by atoms with van der Waals surface area (Å²) in [6, 6.07) is 0. The zero-order valence-corrected chi connectivity index (χ0v) is 6.47. The van der Waals surface area contributed by atoms with Gasteiger partial charge in [0.15, 0.2) is 0 Å². The van der Waals surface area contributed by atoms with E-state index in [1.54, 1.807) is 6.66 Å². The molecule has 0 rings (SSSR count). The number of hydrogen-bond acceptors (Lipinski definition) is 2. The van der Waals surface area contributed by atoms with E-state index >= 15 is 0 Å². The van der Waals surface area contributed by atoms with Gasteiger partial charge in [-0.15, -0.1) is 0 Å². The molecule has 0 aliphatic heterocycles. The maximum Gasteiger partial charge on any atom is 0.307 e. The van der Waals surface area contributed by atoms with Gasteiger partial charge in [0.2, 0.25) is 0 Å². The van der Waals surface area contributed by atoms with Gasteiger partial charge < -0.3 is 10.2 Å². The van der Waals surface area contributed by atoms with E-state index < -0.39 is 19.9 Å². The minimum atomic E-state index is -0.921. The fraction of sp³-hybridized carbons (Fsp3) is 0.600. The summed E-state index contributed by atoms with van der Waals surface area (Å²) in [5.41, 5.74) is 0. The van der Waals surface area contributed by atoms with Gasteiger partial charge in [0.1, 0.15) is 0 Å². The van der Waals surface area contributed by atoms with Crippen LogP contribution < -0.4 is 0 Å². The number of hydrogen-bond donors (Lipinski definition) is 2. The average molecular weight is 164 g/mol. The molecule has 0 unspecified atom stereocenters. The van der Waals surface area contributed by atoms with Crippen molar-refractivity contribution >= 4 is 19.9 Å². The van der Waals surface area contributed by atoms with E-state index in [1.165, 1.54) is 0 Å². The second kappa shape index (κ2) is 4.23. The first-order valence-electron chi connectivity index (χ1n) is 2.64. The van der Waals surface area contributed by atoms with E-state index in [0.717, 1.165) is 0 Å². The van der Waals surface area contributed by atoms with Crippen molar-refractivity contribution in [3.05, 3.63) is 0 Å². The van der Waals surface area contributed by atoms with Crippen LogP contribution in [0.1, 0.15) is 0 Å². The number of carbonyl (C=O) groups is 2. The smallest absolute Gasteiger partial charge is 0.307 e. The van der Waals surface area contributed by atoms with Gasteiger partial charge in [-0.2, -0.15) is 0 Å². The molecular formula is C5H9O4P. The molecule has 0 saturated carbocycles. The molecule has 0 bridgehead atoms. The summed E-state index contributed by atoms with van der Waals surface area (Å²) in [6.07, 6.45) is -0.0245. The minimum absolute atomic E-state index is 0.0123. The molecule has 0 atom stereocenters. The van der Waals surface area contributed by atoms with Gasteiger partial charge >= 0.3 is 11.9 Å². The van der Waals surface area contributed by atoms with E-state index in [4.69, 9.17) is 10.2 Å². The fourth-order valence-electron chi connectivity index (χ4n) is 0.518. The Balaban J connectivity index is 3.53. The molecule has 5 heteroatoms. The zero-order chi connectivity index (χ0) is 8.15. The first kappa shape index (κ1) is 9.37. The Morgan fingerprint density at radius 2 is 1.50 bits per heavy atom. The Hall–Kier alpha value is -0.630. The van der Waals surface area contributed by atoms with Gasteiger partial charge in [-0.3, -0.25) is 9.59 Å². The standard InChI is InChI=1S/C5H9O4P/c1-10(2-4(6)7)3-5(8)9/h2-3H2,1H3,(H,6,7)(H,8,9). The molecule has 0 amide bonds. The van der Waals surface area contributed by atoms with Crippen molar-refractivity contribution < 1.29 is 19.8 Å². The van der Waals surface area contributed by atoms with E-state index in [-0.39, 0.29) is 12.3 Å². The molecule has 4 nitrogen and oxygen atoms in total. The molecule has 0 saturated heterocycles. The predicted octanol–water partition coefficient (Wildman–Crippen LogP) is 0.267. The highest BCUT2D eigenvalue weighted by molar-refractivity contribution is 7.58. The third kappa shape index (κ3) is 5.51. The van der Waals surface area contributed by atoms with Crippen LogP contribution in [0.2, 0.25) is 0 Å². The predicted molar refractivity (Wildman–Crippen MR) is 37.8 cm³/mol. The molecule has 58 valence electrons. The van der Waals surface area contributed by atoms with Crippen LogP contribution in [0.15, 0.2) is 0 Å². The van der Waals surface area contributed by atoms with Crippen molar-refractivity contribution in [1.29, 1.82) is 0 Å². The van der Waals surface area contributed by atoms with E-state index in [9.17, 15) is 9.59 Å². The van der Waals surface area contributed by atoms with Crippen molar-refractivity contribution in [3.8, 4) is 0 Å². The van der Waals surface area contributed by atoms with Crippen LogP contribution in [0, 0.1) is 0 Å². The lowest BCUT2D eigenvalue weighted by Crippen LogP contribution is -2.07. The number of rotatable bonds is 4. The lowest BCUT2D eigenvalue weighted by atomic mass is 10.8. The monoisotopic (exact) mass is 164 g/mol. The van der Waals surface area contributed by atoms with Gasteiger partial charge in [-0.25, -0.2) is 0 Å². The summed E-state index contributed by atoms with van der Waals surface area (Å²) in [5.74, 6) is -1.84. The third-order valence-electron chi connectivity index (χ3n) is 0.810. The largest absolute Gasteiger partial charge is 0.481 e. The molecule has 0 spiro atoms. The van der Waals surface area contributed by atoms with Crippen molar-refractivity contribution in [2.24, 2.45) is 0 Å². The van der Waals surface area contributed by atoms with E-state index in [2.05, 4.69) is 0 Å². The van der Waals surface area contributed by atoms with Crippen LogP contribution >= 0.6 is 7.92 Å². The molecule has 0 aliphatic carbocycles. The van der Waals surface area contributed by atoms with Gasteiger partial charge in [-0.05, 0) is 6.66 Å². The Kier molecular flexibility index (Phi) is 3.96. The first-order chi connectivity index (χ1) is 4.52. The molecule has 0 heterocycles. The van der Waals surface area contributed by atoms with E-state index in [0.29, 0.717) is 0 Å². The molecule has 0 aromatic rings. The topological polar surface area (TPSA) is 74.6 Å². The van der Waals surface area contributed by atoms with Gasteiger partial charge in [0, 0.05) is 0 Å². The van der Waals surface area contributed by atoms with Crippen LogP contribution in [-0.4, -0.2) is 41.1 Å². The van der Waals surface area contributed by atoms with Gasteiger partial charge in [0.25, 0.3) is 0 Å².